The van der Waals surface area contributed by atoms with Crippen LogP contribution >= 0.6 is 23.2 Å². The summed E-state index contributed by atoms with van der Waals surface area (Å²) >= 11 is 12.2. The largest absolute Gasteiger partial charge is 0.335 e. The molecular formula is C15H19Cl2N3. The van der Waals surface area contributed by atoms with E-state index in [0.29, 0.717) is 11.1 Å². The Hall–Kier alpha value is -1.03. The van der Waals surface area contributed by atoms with Crippen molar-refractivity contribution >= 4 is 23.2 Å². The van der Waals surface area contributed by atoms with Gasteiger partial charge in [0.1, 0.15) is 5.82 Å². The van der Waals surface area contributed by atoms with Gasteiger partial charge in [0.2, 0.25) is 0 Å². The zero-order chi connectivity index (χ0) is 14.5. The normalized spacial score (nSPS) is 12.6. The topological polar surface area (TPSA) is 29.9 Å². The highest BCUT2D eigenvalue weighted by atomic mass is 35.5. The SMILES string of the molecule is CCn1ccnc1CC(Cc1ccc(Cl)cc1Cl)NC. The molecule has 0 bridgehead atoms. The molecule has 2 aromatic rings. The summed E-state index contributed by atoms with van der Waals surface area (Å²) in [5.41, 5.74) is 1.10. The molecule has 108 valence electrons. The van der Waals surface area contributed by atoms with E-state index >= 15 is 0 Å². The van der Waals surface area contributed by atoms with Gasteiger partial charge in [-0.2, -0.15) is 0 Å². The number of hydrogen-bond acceptors (Lipinski definition) is 2. The lowest BCUT2D eigenvalue weighted by atomic mass is 10.0. The van der Waals surface area contributed by atoms with Crippen molar-refractivity contribution in [1.82, 2.24) is 14.9 Å². The van der Waals surface area contributed by atoms with Gasteiger partial charge in [0.05, 0.1) is 0 Å². The highest BCUT2D eigenvalue weighted by molar-refractivity contribution is 6.35. The van der Waals surface area contributed by atoms with Crippen LogP contribution in [-0.4, -0.2) is 22.6 Å². The van der Waals surface area contributed by atoms with Crippen LogP contribution in [0.3, 0.4) is 0 Å². The molecule has 1 unspecified atom stereocenters. The lowest BCUT2D eigenvalue weighted by molar-refractivity contribution is 0.527. The summed E-state index contributed by atoms with van der Waals surface area (Å²) < 4.78 is 2.16. The Morgan fingerprint density at radius 3 is 2.75 bits per heavy atom. The second-order valence-corrected chi connectivity index (χ2v) is 5.60. The molecule has 0 aliphatic heterocycles. The van der Waals surface area contributed by atoms with Crippen LogP contribution in [0.5, 0.6) is 0 Å². The van der Waals surface area contributed by atoms with E-state index in [4.69, 9.17) is 23.2 Å². The summed E-state index contributed by atoms with van der Waals surface area (Å²) in [7, 11) is 1.97. The minimum Gasteiger partial charge on any atom is -0.335 e. The fourth-order valence-electron chi connectivity index (χ4n) is 2.27. The molecule has 1 N–H and O–H groups in total. The number of rotatable bonds is 6. The molecule has 0 saturated carbocycles. The van der Waals surface area contributed by atoms with Gasteiger partial charge in [0.25, 0.3) is 0 Å². The van der Waals surface area contributed by atoms with Gasteiger partial charge < -0.3 is 9.88 Å². The minimum atomic E-state index is 0.293. The molecule has 0 radical (unpaired) electrons. The summed E-state index contributed by atoms with van der Waals surface area (Å²) in [6.07, 6.45) is 5.58. The number of imidazole rings is 1. The van der Waals surface area contributed by atoms with Crippen molar-refractivity contribution in [3.63, 3.8) is 0 Å². The molecule has 1 atom stereocenters. The summed E-state index contributed by atoms with van der Waals surface area (Å²) in [4.78, 5) is 4.42. The fraction of sp³-hybridized carbons (Fsp3) is 0.400. The second-order valence-electron chi connectivity index (χ2n) is 4.76. The molecule has 0 fully saturated rings. The van der Waals surface area contributed by atoms with Gasteiger partial charge in [-0.1, -0.05) is 29.3 Å². The van der Waals surface area contributed by atoms with E-state index in [-0.39, 0.29) is 0 Å². The van der Waals surface area contributed by atoms with E-state index in [9.17, 15) is 0 Å². The highest BCUT2D eigenvalue weighted by Gasteiger charge is 2.13. The van der Waals surface area contributed by atoms with Crippen LogP contribution in [0.4, 0.5) is 0 Å². The monoisotopic (exact) mass is 311 g/mol. The van der Waals surface area contributed by atoms with E-state index in [1.54, 1.807) is 6.07 Å². The van der Waals surface area contributed by atoms with Crippen LogP contribution in [0.2, 0.25) is 10.0 Å². The van der Waals surface area contributed by atoms with Gasteiger partial charge in [0.15, 0.2) is 0 Å². The Balaban J connectivity index is 2.09. The average molecular weight is 312 g/mol. The summed E-state index contributed by atoms with van der Waals surface area (Å²) in [6, 6.07) is 5.95. The summed E-state index contributed by atoms with van der Waals surface area (Å²) in [5.74, 6) is 1.09. The lowest BCUT2D eigenvalue weighted by Gasteiger charge is -2.17. The van der Waals surface area contributed by atoms with Crippen LogP contribution in [0, 0.1) is 0 Å². The molecule has 2 rings (SSSR count). The van der Waals surface area contributed by atoms with E-state index in [1.807, 2.05) is 31.6 Å². The molecular weight excluding hydrogens is 293 g/mol. The zero-order valence-corrected chi connectivity index (χ0v) is 13.2. The molecule has 5 heteroatoms. The van der Waals surface area contributed by atoms with Gasteiger partial charge in [0, 0.05) is 41.4 Å². The Kier molecular flexibility index (Phi) is 5.46. The number of nitrogens with zero attached hydrogens (tertiary/aromatic N) is 2. The first-order valence-corrected chi connectivity index (χ1v) is 7.50. The molecule has 1 aromatic heterocycles. The molecule has 0 spiro atoms. The predicted octanol–water partition coefficient (Wildman–Crippen LogP) is 3.58. The Morgan fingerprint density at radius 2 is 2.10 bits per heavy atom. The lowest BCUT2D eigenvalue weighted by Crippen LogP contribution is -2.31. The minimum absolute atomic E-state index is 0.293. The Labute approximate surface area is 129 Å². The molecule has 0 aliphatic carbocycles. The fourth-order valence-corrected chi connectivity index (χ4v) is 2.75. The van der Waals surface area contributed by atoms with Crippen LogP contribution < -0.4 is 5.32 Å². The maximum atomic E-state index is 6.24. The number of nitrogens with one attached hydrogen (secondary N) is 1. The van der Waals surface area contributed by atoms with Crippen LogP contribution in [0.25, 0.3) is 0 Å². The molecule has 0 saturated heterocycles. The first-order chi connectivity index (χ1) is 9.63. The van der Waals surface area contributed by atoms with Gasteiger partial charge in [-0.15, -0.1) is 0 Å². The number of benzene rings is 1. The van der Waals surface area contributed by atoms with Gasteiger partial charge >= 0.3 is 0 Å². The van der Waals surface area contributed by atoms with Crippen molar-refractivity contribution in [3.05, 3.63) is 52.0 Å². The van der Waals surface area contributed by atoms with Crippen molar-refractivity contribution in [2.75, 3.05) is 7.05 Å². The first-order valence-electron chi connectivity index (χ1n) is 6.75. The van der Waals surface area contributed by atoms with Gasteiger partial charge in [-0.05, 0) is 38.1 Å². The smallest absolute Gasteiger partial charge is 0.110 e. The van der Waals surface area contributed by atoms with Crippen molar-refractivity contribution in [3.8, 4) is 0 Å². The van der Waals surface area contributed by atoms with Crippen molar-refractivity contribution in [2.45, 2.75) is 32.4 Å². The maximum absolute atomic E-state index is 6.24. The molecule has 0 amide bonds. The number of hydrogen-bond donors (Lipinski definition) is 1. The second kappa shape index (κ2) is 7.11. The first kappa shape index (κ1) is 15.4. The highest BCUT2D eigenvalue weighted by Crippen LogP contribution is 2.22. The number of aromatic nitrogens is 2. The third-order valence-electron chi connectivity index (χ3n) is 3.46. The molecule has 1 heterocycles. The maximum Gasteiger partial charge on any atom is 0.110 e. The van der Waals surface area contributed by atoms with Crippen LogP contribution in [0.15, 0.2) is 30.6 Å². The van der Waals surface area contributed by atoms with Gasteiger partial charge in [-0.25, -0.2) is 4.98 Å². The van der Waals surface area contributed by atoms with Crippen molar-refractivity contribution < 1.29 is 0 Å². The van der Waals surface area contributed by atoms with Gasteiger partial charge in [-0.3, -0.25) is 0 Å². The quantitative estimate of drug-likeness (QED) is 0.883. The van der Waals surface area contributed by atoms with Crippen LogP contribution in [0.1, 0.15) is 18.3 Å². The average Bonchev–Trinajstić information content (AvgIpc) is 2.88. The number of aryl methyl sites for hydroxylation is 1. The summed E-state index contributed by atoms with van der Waals surface area (Å²) in [5, 5.41) is 4.72. The standard InChI is InChI=1S/C15H19Cl2N3/c1-3-20-7-6-19-15(20)10-13(18-2)8-11-4-5-12(16)9-14(11)17/h4-7,9,13,18H,3,8,10H2,1-2H3. The zero-order valence-electron chi connectivity index (χ0n) is 11.7. The van der Waals surface area contributed by atoms with E-state index in [0.717, 1.165) is 35.8 Å². The number of likely N-dealkylation sites (N-methyl/N-ethyl adjacent to an activating group) is 1. The molecule has 0 aliphatic rings. The summed E-state index contributed by atoms with van der Waals surface area (Å²) in [6.45, 7) is 3.06. The Bertz CT molecular complexity index is 566. The van der Waals surface area contributed by atoms with E-state index in [1.165, 1.54) is 0 Å². The van der Waals surface area contributed by atoms with E-state index < -0.39 is 0 Å². The number of halogens is 2. The molecule has 1 aromatic carbocycles. The molecule has 3 nitrogen and oxygen atoms in total. The van der Waals surface area contributed by atoms with Crippen molar-refractivity contribution in [2.24, 2.45) is 0 Å². The van der Waals surface area contributed by atoms with Crippen molar-refractivity contribution in [1.29, 1.82) is 0 Å². The van der Waals surface area contributed by atoms with Crippen LogP contribution in [-0.2, 0) is 19.4 Å². The third kappa shape index (κ3) is 3.75. The predicted molar refractivity (Wildman–Crippen MR) is 84.6 cm³/mol. The van der Waals surface area contributed by atoms with E-state index in [2.05, 4.69) is 21.8 Å². The Morgan fingerprint density at radius 1 is 1.30 bits per heavy atom. The third-order valence-corrected chi connectivity index (χ3v) is 4.05. The molecule has 20 heavy (non-hydrogen) atoms.